The fourth-order valence-corrected chi connectivity index (χ4v) is 3.68. The summed E-state index contributed by atoms with van der Waals surface area (Å²) in [7, 11) is 0. The molecule has 1 N–H and O–H groups in total. The van der Waals surface area contributed by atoms with Gasteiger partial charge in [0.05, 0.1) is 24.8 Å². The molecule has 4 amide bonds. The van der Waals surface area contributed by atoms with Crippen LogP contribution >= 0.6 is 0 Å². The van der Waals surface area contributed by atoms with E-state index in [-0.39, 0.29) is 18.7 Å². The number of barbiturate groups is 1. The first-order chi connectivity index (χ1) is 17.5. The number of amides is 4. The van der Waals surface area contributed by atoms with E-state index in [2.05, 4.69) is 11.4 Å². The highest BCUT2D eigenvalue weighted by atomic mass is 16.5. The van der Waals surface area contributed by atoms with Gasteiger partial charge < -0.3 is 9.47 Å². The lowest BCUT2D eigenvalue weighted by atomic mass is 10.1. The van der Waals surface area contributed by atoms with Crippen molar-refractivity contribution in [3.63, 3.8) is 0 Å². The third-order valence-electron chi connectivity index (χ3n) is 5.47. The van der Waals surface area contributed by atoms with Crippen LogP contribution < -0.4 is 14.8 Å². The predicted octanol–water partition coefficient (Wildman–Crippen LogP) is 4.20. The molecular weight excluding hydrogens is 458 g/mol. The Morgan fingerprint density at radius 2 is 1.69 bits per heavy atom. The van der Waals surface area contributed by atoms with Crippen LogP contribution in [0.1, 0.15) is 29.2 Å². The number of nitrogens with one attached hydrogen (secondary N) is 1. The van der Waals surface area contributed by atoms with Gasteiger partial charge in [-0.3, -0.25) is 19.8 Å². The fourth-order valence-electron chi connectivity index (χ4n) is 3.68. The van der Waals surface area contributed by atoms with Gasteiger partial charge in [-0.1, -0.05) is 54.6 Å². The van der Waals surface area contributed by atoms with E-state index in [1.807, 2.05) is 25.1 Å². The van der Waals surface area contributed by atoms with Crippen molar-refractivity contribution < 1.29 is 23.9 Å². The van der Waals surface area contributed by atoms with Crippen LogP contribution in [0.2, 0.25) is 0 Å². The van der Waals surface area contributed by atoms with Crippen LogP contribution in [0.25, 0.3) is 6.08 Å². The molecule has 0 aromatic heterocycles. The molecule has 3 aromatic rings. The molecule has 1 heterocycles. The molecule has 0 saturated carbocycles. The normalized spacial score (nSPS) is 14.4. The molecule has 36 heavy (non-hydrogen) atoms. The number of hydrogen-bond acceptors (Lipinski definition) is 6. The van der Waals surface area contributed by atoms with Crippen LogP contribution in [0, 0.1) is 11.3 Å². The number of benzene rings is 3. The van der Waals surface area contributed by atoms with E-state index in [4.69, 9.17) is 9.47 Å². The van der Waals surface area contributed by atoms with E-state index in [1.54, 1.807) is 54.6 Å². The van der Waals surface area contributed by atoms with Crippen molar-refractivity contribution in [3.05, 3.63) is 101 Å². The first-order valence-electron chi connectivity index (χ1n) is 11.3. The topological polar surface area (TPSA) is 109 Å². The average Bonchev–Trinajstić information content (AvgIpc) is 2.89. The van der Waals surface area contributed by atoms with E-state index in [1.165, 1.54) is 6.08 Å². The Hall–Kier alpha value is -4.90. The Balaban J connectivity index is 1.58. The summed E-state index contributed by atoms with van der Waals surface area (Å²) in [6.45, 7) is 2.40. The molecule has 4 rings (SSSR count). The molecule has 1 aliphatic heterocycles. The lowest BCUT2D eigenvalue weighted by Crippen LogP contribution is -2.53. The van der Waals surface area contributed by atoms with Crippen molar-refractivity contribution in [2.75, 3.05) is 6.61 Å². The molecule has 0 radical (unpaired) electrons. The highest BCUT2D eigenvalue weighted by Crippen LogP contribution is 2.31. The third-order valence-corrected chi connectivity index (χ3v) is 5.47. The average molecular weight is 482 g/mol. The number of carbonyl (C=O) groups is 3. The number of hydrogen-bond donors (Lipinski definition) is 1. The van der Waals surface area contributed by atoms with Crippen molar-refractivity contribution >= 4 is 23.9 Å². The minimum Gasteiger partial charge on any atom is -0.490 e. The van der Waals surface area contributed by atoms with Gasteiger partial charge >= 0.3 is 6.03 Å². The van der Waals surface area contributed by atoms with Crippen molar-refractivity contribution in [3.8, 4) is 17.6 Å². The standard InChI is InChI=1S/C28H23N3O5/c1-2-35-25-15-20(12-13-24(25)36-18-22-11-7-6-10-21(22)16-29)14-23-26(32)30-28(34)31(27(23)33)17-19-8-4-3-5-9-19/h3-15H,2,17-18H2,1H3,(H,30,32,34)/b23-14-. The molecule has 1 aliphatic rings. The number of imide groups is 2. The highest BCUT2D eigenvalue weighted by molar-refractivity contribution is 6.30. The zero-order chi connectivity index (χ0) is 25.5. The van der Waals surface area contributed by atoms with Crippen molar-refractivity contribution in [2.24, 2.45) is 0 Å². The lowest BCUT2D eigenvalue weighted by Gasteiger charge is -2.26. The molecule has 0 aliphatic carbocycles. The molecule has 3 aromatic carbocycles. The maximum absolute atomic E-state index is 13.0. The van der Waals surface area contributed by atoms with E-state index in [0.29, 0.717) is 29.2 Å². The van der Waals surface area contributed by atoms with Gasteiger partial charge in [0.1, 0.15) is 12.2 Å². The zero-order valence-corrected chi connectivity index (χ0v) is 19.6. The summed E-state index contributed by atoms with van der Waals surface area (Å²) in [6, 6.07) is 22.6. The molecule has 0 spiro atoms. The Morgan fingerprint density at radius 3 is 2.44 bits per heavy atom. The Labute approximate surface area is 208 Å². The molecule has 1 fully saturated rings. The second-order valence-corrected chi connectivity index (χ2v) is 7.89. The zero-order valence-electron chi connectivity index (χ0n) is 19.6. The Morgan fingerprint density at radius 1 is 0.944 bits per heavy atom. The monoisotopic (exact) mass is 481 g/mol. The molecule has 8 nitrogen and oxygen atoms in total. The van der Waals surface area contributed by atoms with Gasteiger partial charge in [-0.15, -0.1) is 0 Å². The summed E-state index contributed by atoms with van der Waals surface area (Å²) in [5, 5.41) is 11.5. The lowest BCUT2D eigenvalue weighted by molar-refractivity contribution is -0.130. The molecule has 0 bridgehead atoms. The second-order valence-electron chi connectivity index (χ2n) is 7.89. The van der Waals surface area contributed by atoms with Crippen molar-refractivity contribution in [1.82, 2.24) is 10.2 Å². The van der Waals surface area contributed by atoms with Crippen LogP contribution in [0.4, 0.5) is 4.79 Å². The van der Waals surface area contributed by atoms with Crippen LogP contribution in [0.3, 0.4) is 0 Å². The smallest absolute Gasteiger partial charge is 0.331 e. The van der Waals surface area contributed by atoms with Crippen molar-refractivity contribution in [2.45, 2.75) is 20.1 Å². The van der Waals surface area contributed by atoms with Gasteiger partial charge in [-0.25, -0.2) is 4.79 Å². The molecule has 1 saturated heterocycles. The summed E-state index contributed by atoms with van der Waals surface area (Å²) in [6.07, 6.45) is 1.42. The van der Waals surface area contributed by atoms with E-state index < -0.39 is 17.8 Å². The van der Waals surface area contributed by atoms with Gasteiger partial charge in [0.15, 0.2) is 11.5 Å². The number of nitrogens with zero attached hydrogens (tertiary/aromatic N) is 2. The fraction of sp³-hybridized carbons (Fsp3) is 0.143. The minimum atomic E-state index is -0.763. The molecule has 0 atom stereocenters. The first-order valence-corrected chi connectivity index (χ1v) is 11.3. The van der Waals surface area contributed by atoms with E-state index in [9.17, 15) is 19.6 Å². The summed E-state index contributed by atoms with van der Waals surface area (Å²) in [5.74, 6) is -0.575. The number of ether oxygens (including phenoxy) is 2. The second kappa shape index (κ2) is 11.0. The summed E-state index contributed by atoms with van der Waals surface area (Å²) >= 11 is 0. The minimum absolute atomic E-state index is 0.0390. The van der Waals surface area contributed by atoms with Crippen molar-refractivity contribution in [1.29, 1.82) is 5.26 Å². The number of nitriles is 1. The summed E-state index contributed by atoms with van der Waals surface area (Å²) in [5.41, 5.74) is 2.38. The van der Waals surface area contributed by atoms with E-state index >= 15 is 0 Å². The number of rotatable bonds is 8. The molecule has 0 unspecified atom stereocenters. The van der Waals surface area contributed by atoms with Gasteiger partial charge in [0.2, 0.25) is 0 Å². The van der Waals surface area contributed by atoms with Gasteiger partial charge in [0.25, 0.3) is 11.8 Å². The maximum atomic E-state index is 13.0. The van der Waals surface area contributed by atoms with Crippen LogP contribution in [0.15, 0.2) is 78.4 Å². The summed E-state index contributed by atoms with van der Waals surface area (Å²) < 4.78 is 11.6. The van der Waals surface area contributed by atoms with Crippen LogP contribution in [0.5, 0.6) is 11.5 Å². The van der Waals surface area contributed by atoms with Crippen LogP contribution in [-0.4, -0.2) is 29.4 Å². The molecule has 8 heteroatoms. The Bertz CT molecular complexity index is 1380. The van der Waals surface area contributed by atoms with Gasteiger partial charge in [0, 0.05) is 5.56 Å². The molecule has 180 valence electrons. The van der Waals surface area contributed by atoms with E-state index in [0.717, 1.165) is 16.0 Å². The first kappa shape index (κ1) is 24.2. The number of carbonyl (C=O) groups excluding carboxylic acids is 3. The summed E-state index contributed by atoms with van der Waals surface area (Å²) in [4.78, 5) is 38.9. The predicted molar refractivity (Wildman–Crippen MR) is 132 cm³/mol. The SMILES string of the molecule is CCOc1cc(/C=C2/C(=O)NC(=O)N(Cc3ccccc3)C2=O)ccc1OCc1ccccc1C#N. The third kappa shape index (κ3) is 5.42. The highest BCUT2D eigenvalue weighted by Gasteiger charge is 2.35. The van der Waals surface area contributed by atoms with Gasteiger partial charge in [-0.2, -0.15) is 5.26 Å². The largest absolute Gasteiger partial charge is 0.490 e. The maximum Gasteiger partial charge on any atom is 0.331 e. The molecular formula is C28H23N3O5. The Kier molecular flexibility index (Phi) is 7.42. The van der Waals surface area contributed by atoms with Crippen LogP contribution in [-0.2, 0) is 22.7 Å². The van der Waals surface area contributed by atoms with Gasteiger partial charge in [-0.05, 0) is 42.3 Å². The number of urea groups is 1. The quantitative estimate of drug-likeness (QED) is 0.382.